The lowest BCUT2D eigenvalue weighted by atomic mass is 10.1. The predicted octanol–water partition coefficient (Wildman–Crippen LogP) is 1.42. The molecule has 0 saturated carbocycles. The maximum absolute atomic E-state index is 14.8. The predicted molar refractivity (Wildman–Crippen MR) is 101 cm³/mol. The minimum Gasteiger partial charge on any atom is -0.421 e. The van der Waals surface area contributed by atoms with Crippen LogP contribution in [0, 0.1) is 11.6 Å². The Hall–Kier alpha value is -3.20. The third kappa shape index (κ3) is 2.93. The van der Waals surface area contributed by atoms with E-state index >= 15 is 0 Å². The molecule has 2 heterocycles. The van der Waals surface area contributed by atoms with Crippen molar-refractivity contribution in [3.63, 3.8) is 0 Å². The lowest BCUT2D eigenvalue weighted by molar-refractivity contribution is 0.160. The molecular formula is C19H18F2N4O3. The quantitative estimate of drug-likeness (QED) is 0.673. The van der Waals surface area contributed by atoms with Crippen molar-refractivity contribution >= 4 is 16.6 Å². The van der Waals surface area contributed by atoms with Crippen LogP contribution < -0.4 is 16.1 Å². The number of fused-ring (bicyclic) bond motifs is 1. The fourth-order valence-electron chi connectivity index (χ4n) is 3.46. The Balaban J connectivity index is 2.01. The van der Waals surface area contributed by atoms with Crippen LogP contribution in [0.25, 0.3) is 16.6 Å². The normalized spacial score (nSPS) is 15.3. The third-order valence-corrected chi connectivity index (χ3v) is 5.01. The number of hydrogen-bond acceptors (Lipinski definition) is 5. The third-order valence-electron chi connectivity index (χ3n) is 5.01. The van der Waals surface area contributed by atoms with Gasteiger partial charge < -0.3 is 15.0 Å². The molecular weight excluding hydrogens is 370 g/mol. The summed E-state index contributed by atoms with van der Waals surface area (Å²) < 4.78 is 29.4. The van der Waals surface area contributed by atoms with E-state index in [4.69, 9.17) is 0 Å². The highest BCUT2D eigenvalue weighted by Crippen LogP contribution is 2.26. The maximum atomic E-state index is 14.8. The van der Waals surface area contributed by atoms with Crippen LogP contribution in [-0.4, -0.2) is 52.6 Å². The zero-order valence-electron chi connectivity index (χ0n) is 15.1. The Labute approximate surface area is 158 Å². The van der Waals surface area contributed by atoms with Gasteiger partial charge in [0, 0.05) is 26.2 Å². The summed E-state index contributed by atoms with van der Waals surface area (Å²) >= 11 is 0. The number of nitrogens with zero attached hydrogens (tertiary/aromatic N) is 4. The van der Waals surface area contributed by atoms with E-state index in [1.807, 2.05) is 11.9 Å². The zero-order valence-corrected chi connectivity index (χ0v) is 15.1. The molecule has 0 atom stereocenters. The van der Waals surface area contributed by atoms with Gasteiger partial charge in [-0.05, 0) is 37.4 Å². The molecule has 146 valence electrons. The average molecular weight is 388 g/mol. The number of hydrogen-bond donors (Lipinski definition) is 1. The molecule has 0 aliphatic carbocycles. The molecule has 1 saturated heterocycles. The molecule has 1 fully saturated rings. The number of benzene rings is 2. The summed E-state index contributed by atoms with van der Waals surface area (Å²) in [5, 5.41) is 9.71. The first-order valence-corrected chi connectivity index (χ1v) is 8.77. The van der Waals surface area contributed by atoms with Gasteiger partial charge in [0.05, 0.1) is 22.3 Å². The standard InChI is InChI=1S/C19H18F2N4O3/c1-22-5-7-23(8-6-22)17-11-16-14(10-15(17)21)18(26)25(28)19(27)24(16)13-4-2-3-12(20)9-13/h2-4,9-11,28H,5-8H2,1H3. The summed E-state index contributed by atoms with van der Waals surface area (Å²) in [5.74, 6) is -1.21. The Morgan fingerprint density at radius 3 is 2.39 bits per heavy atom. The largest absolute Gasteiger partial charge is 0.421 e. The Bertz CT molecular complexity index is 1180. The van der Waals surface area contributed by atoms with E-state index in [2.05, 4.69) is 4.90 Å². The Kier molecular flexibility index (Phi) is 4.38. The van der Waals surface area contributed by atoms with Gasteiger partial charge in [-0.3, -0.25) is 9.36 Å². The summed E-state index contributed by atoms with van der Waals surface area (Å²) in [4.78, 5) is 28.8. The first-order chi connectivity index (χ1) is 13.4. The van der Waals surface area contributed by atoms with E-state index in [0.29, 0.717) is 13.1 Å². The number of anilines is 1. The van der Waals surface area contributed by atoms with E-state index < -0.39 is 22.9 Å². The van der Waals surface area contributed by atoms with Crippen LogP contribution in [0.5, 0.6) is 0 Å². The van der Waals surface area contributed by atoms with Crippen molar-refractivity contribution in [1.29, 1.82) is 0 Å². The number of halogens is 2. The van der Waals surface area contributed by atoms with Crippen LogP contribution in [0.4, 0.5) is 14.5 Å². The summed E-state index contributed by atoms with van der Waals surface area (Å²) in [6.45, 7) is 2.65. The van der Waals surface area contributed by atoms with Crippen LogP contribution in [0.3, 0.4) is 0 Å². The highest BCUT2D eigenvalue weighted by atomic mass is 19.1. The van der Waals surface area contributed by atoms with E-state index in [9.17, 15) is 23.6 Å². The second-order valence-corrected chi connectivity index (χ2v) is 6.83. The van der Waals surface area contributed by atoms with Crippen LogP contribution in [0.1, 0.15) is 0 Å². The molecule has 2 aromatic carbocycles. The molecule has 0 unspecified atom stereocenters. The first-order valence-electron chi connectivity index (χ1n) is 8.77. The van der Waals surface area contributed by atoms with Crippen molar-refractivity contribution in [3.05, 3.63) is 68.9 Å². The van der Waals surface area contributed by atoms with Crippen molar-refractivity contribution in [1.82, 2.24) is 14.2 Å². The van der Waals surface area contributed by atoms with E-state index in [-0.39, 0.29) is 27.0 Å². The fourth-order valence-corrected chi connectivity index (χ4v) is 3.46. The smallest absolute Gasteiger partial charge is 0.369 e. The van der Waals surface area contributed by atoms with Crippen LogP contribution in [0.15, 0.2) is 46.0 Å². The van der Waals surface area contributed by atoms with Crippen molar-refractivity contribution < 1.29 is 14.0 Å². The SMILES string of the molecule is CN1CCN(c2cc3c(cc2F)c(=O)n(O)c(=O)n3-c2cccc(F)c2)CC1. The van der Waals surface area contributed by atoms with Gasteiger partial charge in [-0.15, -0.1) is 0 Å². The second-order valence-electron chi connectivity index (χ2n) is 6.83. The molecule has 0 spiro atoms. The van der Waals surface area contributed by atoms with Crippen molar-refractivity contribution in [2.45, 2.75) is 0 Å². The highest BCUT2D eigenvalue weighted by molar-refractivity contribution is 5.84. The molecule has 28 heavy (non-hydrogen) atoms. The van der Waals surface area contributed by atoms with Gasteiger partial charge in [0.15, 0.2) is 0 Å². The van der Waals surface area contributed by atoms with Crippen molar-refractivity contribution in [2.24, 2.45) is 0 Å². The van der Waals surface area contributed by atoms with Crippen LogP contribution >= 0.6 is 0 Å². The van der Waals surface area contributed by atoms with Gasteiger partial charge in [0.1, 0.15) is 11.6 Å². The van der Waals surface area contributed by atoms with Gasteiger partial charge >= 0.3 is 5.69 Å². The fraction of sp³-hybridized carbons (Fsp3) is 0.263. The van der Waals surface area contributed by atoms with Crippen molar-refractivity contribution in [3.8, 4) is 5.69 Å². The summed E-state index contributed by atoms with van der Waals surface area (Å²) in [7, 11) is 1.97. The molecule has 7 nitrogen and oxygen atoms in total. The molecule has 1 aromatic heterocycles. The first kappa shape index (κ1) is 18.2. The number of aromatic nitrogens is 2. The minimum atomic E-state index is -1.06. The number of rotatable bonds is 2. The van der Waals surface area contributed by atoms with E-state index in [1.165, 1.54) is 24.3 Å². The molecule has 0 radical (unpaired) electrons. The summed E-state index contributed by atoms with van der Waals surface area (Å²) in [6, 6.07) is 7.59. The number of piperazine rings is 1. The summed E-state index contributed by atoms with van der Waals surface area (Å²) in [5.41, 5.74) is -1.62. The van der Waals surface area contributed by atoms with E-state index in [1.54, 1.807) is 0 Å². The lowest BCUT2D eigenvalue weighted by Gasteiger charge is -2.34. The van der Waals surface area contributed by atoms with Gasteiger partial charge in [0.25, 0.3) is 5.56 Å². The van der Waals surface area contributed by atoms with Gasteiger partial charge in [-0.1, -0.05) is 10.8 Å². The van der Waals surface area contributed by atoms with Gasteiger partial charge in [-0.25, -0.2) is 13.6 Å². The van der Waals surface area contributed by atoms with Crippen LogP contribution in [-0.2, 0) is 0 Å². The van der Waals surface area contributed by atoms with Crippen molar-refractivity contribution in [2.75, 3.05) is 38.1 Å². The monoisotopic (exact) mass is 388 g/mol. The second kappa shape index (κ2) is 6.75. The average Bonchev–Trinajstić information content (AvgIpc) is 2.67. The lowest BCUT2D eigenvalue weighted by Crippen LogP contribution is -2.45. The molecule has 4 rings (SSSR count). The maximum Gasteiger partial charge on any atom is 0.369 e. The highest BCUT2D eigenvalue weighted by Gasteiger charge is 2.22. The molecule has 0 bridgehead atoms. The minimum absolute atomic E-state index is 0.0950. The Morgan fingerprint density at radius 1 is 1.00 bits per heavy atom. The zero-order chi connectivity index (χ0) is 20.0. The Morgan fingerprint density at radius 2 is 1.71 bits per heavy atom. The topological polar surface area (TPSA) is 70.7 Å². The molecule has 1 N–H and O–H groups in total. The molecule has 1 aliphatic heterocycles. The van der Waals surface area contributed by atoms with E-state index in [0.717, 1.165) is 29.8 Å². The molecule has 3 aromatic rings. The molecule has 9 heteroatoms. The molecule has 1 aliphatic rings. The summed E-state index contributed by atoms with van der Waals surface area (Å²) in [6.07, 6.45) is 0. The van der Waals surface area contributed by atoms with Gasteiger partial charge in [0.2, 0.25) is 0 Å². The van der Waals surface area contributed by atoms with Crippen LogP contribution in [0.2, 0.25) is 0 Å². The number of likely N-dealkylation sites (N-methyl/N-ethyl adjacent to an activating group) is 1. The molecule has 0 amide bonds. The van der Waals surface area contributed by atoms with Gasteiger partial charge in [-0.2, -0.15) is 0 Å².